The van der Waals surface area contributed by atoms with E-state index in [2.05, 4.69) is 20.7 Å². The van der Waals surface area contributed by atoms with Crippen molar-refractivity contribution in [2.75, 3.05) is 25.6 Å². The Morgan fingerprint density at radius 3 is 3.09 bits per heavy atom. The zero-order chi connectivity index (χ0) is 16.7. The van der Waals surface area contributed by atoms with Crippen LogP contribution in [0.2, 0.25) is 0 Å². The van der Waals surface area contributed by atoms with Crippen molar-refractivity contribution in [2.24, 2.45) is 0 Å². The topological polar surface area (TPSA) is 124 Å². The van der Waals surface area contributed by atoms with Gasteiger partial charge in [0.2, 0.25) is 11.7 Å². The predicted molar refractivity (Wildman–Crippen MR) is 81.3 cm³/mol. The number of hydrogen-bond donors (Lipinski definition) is 2. The molecule has 2 aromatic rings. The minimum Gasteiger partial charge on any atom is -0.383 e. The van der Waals surface area contributed by atoms with Gasteiger partial charge in [0, 0.05) is 32.1 Å². The molecule has 23 heavy (non-hydrogen) atoms. The first kappa shape index (κ1) is 16.4. The van der Waals surface area contributed by atoms with E-state index in [1.807, 2.05) is 0 Å². The standard InChI is InChI=1S/C13H16N6O4/c1-23-6-5-14-12(20)9-18-8-10(7-16-18)17-13-11(19(21)22)3-2-4-15-13/h2-4,7-8H,5-6,9H2,1H3,(H,14,20)(H,15,17). The zero-order valence-corrected chi connectivity index (χ0v) is 12.4. The zero-order valence-electron chi connectivity index (χ0n) is 12.4. The van der Waals surface area contributed by atoms with Crippen LogP contribution in [0.3, 0.4) is 0 Å². The SMILES string of the molecule is COCCNC(=O)Cn1cc(Nc2ncccc2[N+](=O)[O-])cn1. The van der Waals surface area contributed by atoms with E-state index < -0.39 is 4.92 Å². The van der Waals surface area contributed by atoms with Gasteiger partial charge in [-0.2, -0.15) is 5.10 Å². The van der Waals surface area contributed by atoms with E-state index in [0.717, 1.165) is 0 Å². The fourth-order valence-electron chi connectivity index (χ4n) is 1.79. The molecule has 0 atom stereocenters. The molecule has 2 aromatic heterocycles. The molecule has 0 saturated heterocycles. The lowest BCUT2D eigenvalue weighted by molar-refractivity contribution is -0.384. The Labute approximate surface area is 131 Å². The Balaban J connectivity index is 1.97. The van der Waals surface area contributed by atoms with Crippen molar-refractivity contribution >= 4 is 23.1 Å². The van der Waals surface area contributed by atoms with Crippen molar-refractivity contribution in [1.29, 1.82) is 0 Å². The summed E-state index contributed by atoms with van der Waals surface area (Å²) in [7, 11) is 1.55. The summed E-state index contributed by atoms with van der Waals surface area (Å²) in [5, 5.41) is 20.4. The molecule has 0 spiro atoms. The third kappa shape index (κ3) is 4.74. The number of rotatable bonds is 8. The highest BCUT2D eigenvalue weighted by Gasteiger charge is 2.15. The van der Waals surface area contributed by atoms with Gasteiger partial charge in [-0.15, -0.1) is 0 Å². The first-order chi connectivity index (χ1) is 11.1. The lowest BCUT2D eigenvalue weighted by Gasteiger charge is -2.04. The second-order valence-electron chi connectivity index (χ2n) is 4.52. The third-order valence-corrected chi connectivity index (χ3v) is 2.81. The largest absolute Gasteiger partial charge is 0.383 e. The molecule has 1 amide bonds. The number of methoxy groups -OCH3 is 1. The number of ether oxygens (including phenoxy) is 1. The molecule has 0 aliphatic carbocycles. The second-order valence-corrected chi connectivity index (χ2v) is 4.52. The Hall–Kier alpha value is -3.01. The molecule has 2 rings (SSSR count). The number of nitrogens with zero attached hydrogens (tertiary/aromatic N) is 4. The van der Waals surface area contributed by atoms with Gasteiger partial charge >= 0.3 is 5.69 Å². The molecule has 122 valence electrons. The summed E-state index contributed by atoms with van der Waals surface area (Å²) in [5.41, 5.74) is 0.356. The van der Waals surface area contributed by atoms with Crippen LogP contribution in [0, 0.1) is 10.1 Å². The summed E-state index contributed by atoms with van der Waals surface area (Å²) in [4.78, 5) is 26.0. The van der Waals surface area contributed by atoms with Crippen LogP contribution >= 0.6 is 0 Å². The van der Waals surface area contributed by atoms with Crippen molar-refractivity contribution in [1.82, 2.24) is 20.1 Å². The molecule has 10 heteroatoms. The molecule has 0 radical (unpaired) electrons. The number of nitrogens with one attached hydrogen (secondary N) is 2. The molecule has 2 heterocycles. The number of carbonyl (C=O) groups is 1. The molecule has 0 fully saturated rings. The maximum atomic E-state index is 11.6. The Kier molecular flexibility index (Phi) is 5.58. The van der Waals surface area contributed by atoms with Gasteiger partial charge in [0.25, 0.3) is 0 Å². The Morgan fingerprint density at radius 2 is 2.35 bits per heavy atom. The van der Waals surface area contributed by atoms with Crippen LogP contribution in [0.4, 0.5) is 17.2 Å². The summed E-state index contributed by atoms with van der Waals surface area (Å²) in [6, 6.07) is 2.83. The van der Waals surface area contributed by atoms with Gasteiger partial charge in [-0.3, -0.25) is 19.6 Å². The molecule has 0 aromatic carbocycles. The smallest absolute Gasteiger partial charge is 0.311 e. The summed E-state index contributed by atoms with van der Waals surface area (Å²) >= 11 is 0. The lowest BCUT2D eigenvalue weighted by Crippen LogP contribution is -2.30. The molecular formula is C13H16N6O4. The van der Waals surface area contributed by atoms with Crippen molar-refractivity contribution < 1.29 is 14.5 Å². The fourth-order valence-corrected chi connectivity index (χ4v) is 1.79. The predicted octanol–water partition coefficient (Wildman–Crippen LogP) is 0.692. The summed E-state index contributed by atoms with van der Waals surface area (Å²) in [6.07, 6.45) is 4.47. The van der Waals surface area contributed by atoms with Crippen LogP contribution in [0.15, 0.2) is 30.7 Å². The van der Waals surface area contributed by atoms with Crippen LogP contribution in [0.1, 0.15) is 0 Å². The monoisotopic (exact) mass is 320 g/mol. The third-order valence-electron chi connectivity index (χ3n) is 2.81. The van der Waals surface area contributed by atoms with Crippen LogP contribution < -0.4 is 10.6 Å². The van der Waals surface area contributed by atoms with Gasteiger partial charge in [-0.05, 0) is 6.07 Å². The lowest BCUT2D eigenvalue weighted by atomic mass is 10.4. The number of amides is 1. The average molecular weight is 320 g/mol. The molecule has 0 bridgehead atoms. The van der Waals surface area contributed by atoms with E-state index in [0.29, 0.717) is 18.8 Å². The van der Waals surface area contributed by atoms with E-state index in [1.54, 1.807) is 13.3 Å². The molecular weight excluding hydrogens is 304 g/mol. The molecule has 0 saturated carbocycles. The quantitative estimate of drug-likeness (QED) is 0.416. The van der Waals surface area contributed by atoms with Crippen molar-refractivity contribution in [3.05, 3.63) is 40.8 Å². The maximum absolute atomic E-state index is 11.6. The van der Waals surface area contributed by atoms with Gasteiger partial charge in [0.1, 0.15) is 6.54 Å². The highest BCUT2D eigenvalue weighted by atomic mass is 16.6. The summed E-state index contributed by atoms with van der Waals surface area (Å²) < 4.78 is 6.25. The van der Waals surface area contributed by atoms with Crippen molar-refractivity contribution in [3.63, 3.8) is 0 Å². The molecule has 0 unspecified atom stereocenters. The van der Waals surface area contributed by atoms with Gasteiger partial charge in [0.15, 0.2) is 0 Å². The number of aromatic nitrogens is 3. The Bertz CT molecular complexity index is 687. The molecule has 10 nitrogen and oxygen atoms in total. The van der Waals surface area contributed by atoms with Gasteiger partial charge in [-0.1, -0.05) is 0 Å². The van der Waals surface area contributed by atoms with Gasteiger partial charge in [-0.25, -0.2) is 4.98 Å². The first-order valence-corrected chi connectivity index (χ1v) is 6.74. The summed E-state index contributed by atoms with van der Waals surface area (Å²) in [6.45, 7) is 0.887. The number of pyridine rings is 1. The number of carbonyl (C=O) groups excluding carboxylic acids is 1. The minimum atomic E-state index is -0.525. The van der Waals surface area contributed by atoms with E-state index in [9.17, 15) is 14.9 Å². The van der Waals surface area contributed by atoms with Crippen molar-refractivity contribution in [3.8, 4) is 0 Å². The number of hydrogen-bond acceptors (Lipinski definition) is 7. The Morgan fingerprint density at radius 1 is 1.52 bits per heavy atom. The van der Waals surface area contributed by atoms with E-state index in [-0.39, 0.29) is 24.0 Å². The minimum absolute atomic E-state index is 0.0374. The number of anilines is 2. The van der Waals surface area contributed by atoms with Crippen LogP contribution in [0.25, 0.3) is 0 Å². The maximum Gasteiger partial charge on any atom is 0.311 e. The highest BCUT2D eigenvalue weighted by molar-refractivity contribution is 5.75. The normalized spacial score (nSPS) is 10.3. The average Bonchev–Trinajstić information content (AvgIpc) is 2.95. The fraction of sp³-hybridized carbons (Fsp3) is 0.308. The highest BCUT2D eigenvalue weighted by Crippen LogP contribution is 2.23. The molecule has 2 N–H and O–H groups in total. The number of nitro groups is 1. The first-order valence-electron chi connectivity index (χ1n) is 6.74. The van der Waals surface area contributed by atoms with Gasteiger partial charge in [0.05, 0.1) is 23.4 Å². The summed E-state index contributed by atoms with van der Waals surface area (Å²) in [5.74, 6) is -0.0953. The molecule has 0 aliphatic heterocycles. The van der Waals surface area contributed by atoms with Crippen LogP contribution in [-0.4, -0.2) is 45.9 Å². The van der Waals surface area contributed by atoms with Crippen molar-refractivity contribution in [2.45, 2.75) is 6.54 Å². The second kappa shape index (κ2) is 7.84. The van der Waals surface area contributed by atoms with E-state index in [1.165, 1.54) is 29.2 Å². The molecule has 0 aliphatic rings. The van der Waals surface area contributed by atoms with E-state index in [4.69, 9.17) is 4.74 Å². The van der Waals surface area contributed by atoms with Gasteiger partial charge < -0.3 is 15.4 Å². The van der Waals surface area contributed by atoms with Crippen LogP contribution in [0.5, 0.6) is 0 Å². The van der Waals surface area contributed by atoms with E-state index >= 15 is 0 Å². The van der Waals surface area contributed by atoms with Crippen LogP contribution in [-0.2, 0) is 16.1 Å².